The monoisotopic (exact) mass is 530 g/mol. The maximum Gasteiger partial charge on any atom is 0.341 e. The molecule has 8 nitrogen and oxygen atoms in total. The second-order valence-electron chi connectivity index (χ2n) is 10.3. The number of halogens is 1. The van der Waals surface area contributed by atoms with Gasteiger partial charge in [0.15, 0.2) is 6.61 Å². The van der Waals surface area contributed by atoms with E-state index in [1.54, 1.807) is 41.3 Å². The summed E-state index contributed by atoms with van der Waals surface area (Å²) in [6.07, 6.45) is 0.347. The van der Waals surface area contributed by atoms with Gasteiger partial charge in [0.2, 0.25) is 5.91 Å². The minimum absolute atomic E-state index is 0.181. The lowest BCUT2D eigenvalue weighted by Crippen LogP contribution is -2.60. The topological polar surface area (TPSA) is 105 Å². The van der Waals surface area contributed by atoms with E-state index >= 15 is 0 Å². The average molecular weight is 531 g/mol. The number of rotatable bonds is 8. The number of nitrogens with one attached hydrogen (secondary N) is 1. The van der Waals surface area contributed by atoms with E-state index in [2.05, 4.69) is 5.32 Å². The van der Waals surface area contributed by atoms with Crippen molar-refractivity contribution in [3.8, 4) is 5.75 Å². The van der Waals surface area contributed by atoms with E-state index in [0.29, 0.717) is 24.5 Å². The van der Waals surface area contributed by atoms with Gasteiger partial charge >= 0.3 is 5.97 Å². The molecule has 1 saturated heterocycles. The largest absolute Gasteiger partial charge is 0.483 e. The number of likely N-dealkylation sites (tertiary alicyclic amines) is 1. The maximum absolute atomic E-state index is 13.5. The molecule has 0 aromatic heterocycles. The molecule has 2 aromatic rings. The van der Waals surface area contributed by atoms with Crippen LogP contribution in [-0.4, -0.2) is 60.6 Å². The Bertz CT molecular complexity index is 1130. The summed E-state index contributed by atoms with van der Waals surface area (Å²) in [6, 6.07) is 12.8. The third-order valence-corrected chi connectivity index (χ3v) is 7.24. The highest BCUT2D eigenvalue weighted by atomic mass is 35.5. The molecule has 200 valence electrons. The van der Waals surface area contributed by atoms with Crippen molar-refractivity contribution in [3.63, 3.8) is 0 Å². The van der Waals surface area contributed by atoms with Gasteiger partial charge in [-0.2, -0.15) is 0 Å². The first-order valence-electron chi connectivity index (χ1n) is 12.3. The first kappa shape index (κ1) is 28.5. The van der Waals surface area contributed by atoms with Crippen LogP contribution in [0.1, 0.15) is 50.0 Å². The molecule has 37 heavy (non-hydrogen) atoms. The van der Waals surface area contributed by atoms with Gasteiger partial charge in [-0.1, -0.05) is 63.6 Å². The highest BCUT2D eigenvalue weighted by Gasteiger charge is 2.50. The number of esters is 1. The number of methoxy groups -OCH3 is 1. The molecule has 3 rings (SSSR count). The summed E-state index contributed by atoms with van der Waals surface area (Å²) in [5.74, 6) is -1.24. The highest BCUT2D eigenvalue weighted by Crippen LogP contribution is 2.46. The van der Waals surface area contributed by atoms with Gasteiger partial charge < -0.3 is 24.8 Å². The van der Waals surface area contributed by atoms with Gasteiger partial charge in [0.1, 0.15) is 17.4 Å². The SMILES string of the molecule is COC(=O)c1ccccc1OCC(=O)NC(C(=O)N1CCC(O)(c2ccc(Cl)cc2)C(C)(C)C1)C(C)C. The first-order valence-corrected chi connectivity index (χ1v) is 12.6. The molecule has 1 heterocycles. The summed E-state index contributed by atoms with van der Waals surface area (Å²) in [5.41, 5.74) is -0.822. The summed E-state index contributed by atoms with van der Waals surface area (Å²) < 4.78 is 10.3. The Kier molecular flexibility index (Phi) is 8.87. The first-order chi connectivity index (χ1) is 17.4. The van der Waals surface area contributed by atoms with Gasteiger partial charge in [-0.15, -0.1) is 0 Å². The van der Waals surface area contributed by atoms with Crippen LogP contribution in [0.5, 0.6) is 5.75 Å². The maximum atomic E-state index is 13.5. The lowest BCUT2D eigenvalue weighted by atomic mass is 9.66. The van der Waals surface area contributed by atoms with Crippen molar-refractivity contribution in [2.45, 2.75) is 45.8 Å². The van der Waals surface area contributed by atoms with Crippen molar-refractivity contribution < 1.29 is 29.0 Å². The molecule has 0 saturated carbocycles. The van der Waals surface area contributed by atoms with Gasteiger partial charge in [-0.3, -0.25) is 9.59 Å². The average Bonchev–Trinajstić information content (AvgIpc) is 2.87. The number of benzene rings is 2. The number of ether oxygens (including phenoxy) is 2. The molecule has 0 bridgehead atoms. The molecule has 2 aromatic carbocycles. The third kappa shape index (κ3) is 6.25. The summed E-state index contributed by atoms with van der Waals surface area (Å²) in [5, 5.41) is 15.0. The zero-order valence-corrected chi connectivity index (χ0v) is 22.7. The summed E-state index contributed by atoms with van der Waals surface area (Å²) in [7, 11) is 1.27. The Balaban J connectivity index is 1.67. The summed E-state index contributed by atoms with van der Waals surface area (Å²) >= 11 is 6.02. The molecule has 2 amide bonds. The lowest BCUT2D eigenvalue weighted by Gasteiger charge is -2.51. The van der Waals surface area contributed by atoms with Crippen LogP contribution in [0, 0.1) is 11.3 Å². The minimum Gasteiger partial charge on any atom is -0.483 e. The Labute approximate surface area is 222 Å². The number of carbonyl (C=O) groups is 3. The number of piperidine rings is 1. The van der Waals surface area contributed by atoms with E-state index in [-0.39, 0.29) is 29.7 Å². The third-order valence-electron chi connectivity index (χ3n) is 6.98. The highest BCUT2D eigenvalue weighted by molar-refractivity contribution is 6.30. The van der Waals surface area contributed by atoms with Crippen molar-refractivity contribution >= 4 is 29.4 Å². The molecule has 1 aliphatic heterocycles. The Morgan fingerprint density at radius 1 is 1.11 bits per heavy atom. The second-order valence-corrected chi connectivity index (χ2v) is 10.8. The summed E-state index contributed by atoms with van der Waals surface area (Å²) in [4.78, 5) is 39.9. The van der Waals surface area contributed by atoms with E-state index in [1.807, 2.05) is 39.8 Å². The molecule has 2 N–H and O–H groups in total. The van der Waals surface area contributed by atoms with Crippen LogP contribution in [0.15, 0.2) is 48.5 Å². The van der Waals surface area contributed by atoms with Crippen LogP contribution >= 0.6 is 11.6 Å². The number of hydrogen-bond acceptors (Lipinski definition) is 6. The van der Waals surface area contributed by atoms with Gasteiger partial charge in [-0.05, 0) is 42.2 Å². The van der Waals surface area contributed by atoms with E-state index in [0.717, 1.165) is 5.56 Å². The molecule has 1 fully saturated rings. The molecule has 1 aliphatic rings. The van der Waals surface area contributed by atoms with E-state index in [9.17, 15) is 19.5 Å². The van der Waals surface area contributed by atoms with Crippen molar-refractivity contribution in [2.24, 2.45) is 11.3 Å². The minimum atomic E-state index is -1.13. The molecule has 0 radical (unpaired) electrons. The van der Waals surface area contributed by atoms with Crippen LogP contribution < -0.4 is 10.1 Å². The zero-order chi connectivity index (χ0) is 27.4. The molecular weight excluding hydrogens is 496 g/mol. The van der Waals surface area contributed by atoms with Gasteiger partial charge in [-0.25, -0.2) is 4.79 Å². The van der Waals surface area contributed by atoms with Gasteiger partial charge in [0.05, 0.1) is 12.7 Å². The molecular formula is C28H35ClN2O6. The van der Waals surface area contributed by atoms with Crippen molar-refractivity contribution in [1.82, 2.24) is 10.2 Å². The number of para-hydroxylation sites is 1. The van der Waals surface area contributed by atoms with Crippen LogP contribution in [-0.2, 0) is 19.9 Å². The quantitative estimate of drug-likeness (QED) is 0.503. The molecule has 0 spiro atoms. The number of nitrogens with zero attached hydrogens (tertiary/aromatic N) is 1. The second kappa shape index (κ2) is 11.5. The van der Waals surface area contributed by atoms with Crippen molar-refractivity contribution in [1.29, 1.82) is 0 Å². The number of hydrogen-bond donors (Lipinski definition) is 2. The fraction of sp³-hybridized carbons (Fsp3) is 0.464. The smallest absolute Gasteiger partial charge is 0.341 e. The van der Waals surface area contributed by atoms with E-state index < -0.39 is 28.9 Å². The standard InChI is InChI=1S/C28H35ClN2O6/c1-18(2)24(30-23(32)16-37-22-9-7-6-8-21(22)26(34)36-5)25(33)31-15-14-28(35,27(3,4)17-31)19-10-12-20(29)13-11-19/h6-13,18,24,35H,14-17H2,1-5H3,(H,30,32). The van der Waals surface area contributed by atoms with E-state index in [1.165, 1.54) is 7.11 Å². The Hall–Kier alpha value is -3.10. The summed E-state index contributed by atoms with van der Waals surface area (Å²) in [6.45, 7) is 7.85. The Morgan fingerprint density at radius 3 is 2.35 bits per heavy atom. The van der Waals surface area contributed by atoms with Crippen molar-refractivity contribution in [2.75, 3.05) is 26.8 Å². The van der Waals surface area contributed by atoms with Crippen LogP contribution in [0.4, 0.5) is 0 Å². The van der Waals surface area contributed by atoms with Crippen LogP contribution in [0.3, 0.4) is 0 Å². The number of carbonyl (C=O) groups excluding carboxylic acids is 3. The Morgan fingerprint density at radius 2 is 1.76 bits per heavy atom. The lowest BCUT2D eigenvalue weighted by molar-refractivity contribution is -0.156. The van der Waals surface area contributed by atoms with Gasteiger partial charge in [0.25, 0.3) is 5.91 Å². The molecule has 2 unspecified atom stereocenters. The molecule has 9 heteroatoms. The predicted octanol–water partition coefficient (Wildman–Crippen LogP) is 3.79. The van der Waals surface area contributed by atoms with Gasteiger partial charge in [0, 0.05) is 23.5 Å². The number of amides is 2. The molecule has 2 atom stereocenters. The zero-order valence-electron chi connectivity index (χ0n) is 21.9. The fourth-order valence-electron chi connectivity index (χ4n) is 4.71. The van der Waals surface area contributed by atoms with Crippen molar-refractivity contribution in [3.05, 3.63) is 64.7 Å². The normalized spacial score (nSPS) is 19.7. The van der Waals surface area contributed by atoms with Crippen LogP contribution in [0.2, 0.25) is 5.02 Å². The van der Waals surface area contributed by atoms with Crippen LogP contribution in [0.25, 0.3) is 0 Å². The number of aliphatic hydroxyl groups is 1. The molecule has 0 aliphatic carbocycles. The van der Waals surface area contributed by atoms with E-state index in [4.69, 9.17) is 21.1 Å². The predicted molar refractivity (Wildman–Crippen MR) is 140 cm³/mol. The fourth-order valence-corrected chi connectivity index (χ4v) is 4.84.